The lowest BCUT2D eigenvalue weighted by Crippen LogP contribution is -1.87. The summed E-state index contributed by atoms with van der Waals surface area (Å²) in [5.74, 6) is -0.413. The Labute approximate surface area is 117 Å². The van der Waals surface area contributed by atoms with Gasteiger partial charge in [-0.2, -0.15) is 0 Å². The van der Waals surface area contributed by atoms with E-state index in [2.05, 4.69) is 10.2 Å². The minimum Gasteiger partial charge on any atom is -0.508 e. The number of nitro benzene ring substituents is 1. The van der Waals surface area contributed by atoms with Crippen LogP contribution in [0.15, 0.2) is 46.6 Å². The highest BCUT2D eigenvalue weighted by Crippen LogP contribution is 2.34. The highest BCUT2D eigenvalue weighted by Gasteiger charge is 2.14. The Morgan fingerprint density at radius 2 is 1.70 bits per heavy atom. The van der Waals surface area contributed by atoms with Crippen molar-refractivity contribution in [3.8, 4) is 11.5 Å². The second-order valence-corrected chi connectivity index (χ2v) is 4.20. The van der Waals surface area contributed by atoms with Crippen LogP contribution >= 0.6 is 11.6 Å². The lowest BCUT2D eigenvalue weighted by atomic mass is 10.3. The normalized spacial score (nSPS) is 10.8. The lowest BCUT2D eigenvalue weighted by Gasteiger charge is -1.99. The van der Waals surface area contributed by atoms with E-state index in [1.165, 1.54) is 24.3 Å². The monoisotopic (exact) mass is 293 g/mol. The predicted molar refractivity (Wildman–Crippen MR) is 72.1 cm³/mol. The van der Waals surface area contributed by atoms with Crippen molar-refractivity contribution in [3.05, 3.63) is 51.5 Å². The Hall–Kier alpha value is -2.67. The molecule has 0 fully saturated rings. The van der Waals surface area contributed by atoms with Gasteiger partial charge in [0.1, 0.15) is 17.2 Å². The molecule has 0 aliphatic carbocycles. The number of phenolic OH excluding ortho intramolecular Hbond substituents is 2. The van der Waals surface area contributed by atoms with Crippen LogP contribution in [0.3, 0.4) is 0 Å². The van der Waals surface area contributed by atoms with E-state index in [1.54, 1.807) is 0 Å². The van der Waals surface area contributed by atoms with Crippen molar-refractivity contribution in [3.63, 3.8) is 0 Å². The smallest absolute Gasteiger partial charge is 0.298 e. The number of rotatable bonds is 3. The predicted octanol–water partition coefficient (Wildman–Crippen LogP) is 4.07. The molecule has 0 bridgehead atoms. The number of benzene rings is 2. The first-order chi connectivity index (χ1) is 9.47. The van der Waals surface area contributed by atoms with Gasteiger partial charge in [-0.15, -0.1) is 10.2 Å². The van der Waals surface area contributed by atoms with Crippen LogP contribution in [0.2, 0.25) is 5.02 Å². The zero-order valence-corrected chi connectivity index (χ0v) is 10.7. The van der Waals surface area contributed by atoms with Gasteiger partial charge in [-0.05, 0) is 24.3 Å². The number of aromatic hydroxyl groups is 2. The Kier molecular flexibility index (Phi) is 3.81. The summed E-state index contributed by atoms with van der Waals surface area (Å²) < 4.78 is 0. The fraction of sp³-hybridized carbons (Fsp3) is 0. The summed E-state index contributed by atoms with van der Waals surface area (Å²) in [6.45, 7) is 0. The minimum atomic E-state index is -0.628. The van der Waals surface area contributed by atoms with Crippen LogP contribution in [0.1, 0.15) is 0 Å². The molecule has 2 rings (SSSR count). The molecule has 2 aromatic carbocycles. The van der Waals surface area contributed by atoms with Crippen LogP contribution < -0.4 is 0 Å². The van der Waals surface area contributed by atoms with Crippen LogP contribution in [-0.2, 0) is 0 Å². The van der Waals surface area contributed by atoms with Gasteiger partial charge in [-0.25, -0.2) is 0 Å². The zero-order chi connectivity index (χ0) is 14.7. The number of halogens is 1. The maximum absolute atomic E-state index is 10.9. The summed E-state index contributed by atoms with van der Waals surface area (Å²) in [5, 5.41) is 37.1. The zero-order valence-electron chi connectivity index (χ0n) is 9.89. The van der Waals surface area contributed by atoms with Crippen molar-refractivity contribution < 1.29 is 15.1 Å². The topological polar surface area (TPSA) is 108 Å². The van der Waals surface area contributed by atoms with E-state index >= 15 is 0 Å². The van der Waals surface area contributed by atoms with E-state index in [4.69, 9.17) is 16.7 Å². The maximum Gasteiger partial charge on any atom is 0.298 e. The molecule has 0 aromatic heterocycles. The molecular formula is C12H8ClN3O4. The number of azo groups is 1. The number of nitro groups is 1. The van der Waals surface area contributed by atoms with Crippen molar-refractivity contribution in [2.24, 2.45) is 10.2 Å². The molecule has 0 radical (unpaired) electrons. The van der Waals surface area contributed by atoms with Crippen molar-refractivity contribution >= 4 is 28.7 Å². The van der Waals surface area contributed by atoms with Crippen molar-refractivity contribution in [1.82, 2.24) is 0 Å². The van der Waals surface area contributed by atoms with E-state index in [9.17, 15) is 15.2 Å². The van der Waals surface area contributed by atoms with Gasteiger partial charge in [0.05, 0.1) is 4.92 Å². The second kappa shape index (κ2) is 5.54. The van der Waals surface area contributed by atoms with E-state index in [0.29, 0.717) is 0 Å². The summed E-state index contributed by atoms with van der Waals surface area (Å²) >= 11 is 5.68. The molecular weight excluding hydrogens is 286 g/mol. The molecule has 0 atom stereocenters. The average molecular weight is 294 g/mol. The van der Waals surface area contributed by atoms with E-state index < -0.39 is 4.92 Å². The van der Waals surface area contributed by atoms with Crippen LogP contribution in [0.4, 0.5) is 17.1 Å². The summed E-state index contributed by atoms with van der Waals surface area (Å²) in [4.78, 5) is 10.2. The molecule has 2 N–H and O–H groups in total. The van der Waals surface area contributed by atoms with Crippen molar-refractivity contribution in [1.29, 1.82) is 0 Å². The van der Waals surface area contributed by atoms with Crippen molar-refractivity contribution in [2.75, 3.05) is 0 Å². The third-order valence-electron chi connectivity index (χ3n) is 2.36. The first kappa shape index (κ1) is 13.8. The Balaban J connectivity index is 2.38. The molecule has 2 aromatic rings. The van der Waals surface area contributed by atoms with Crippen LogP contribution in [0, 0.1) is 10.1 Å². The molecule has 20 heavy (non-hydrogen) atoms. The number of hydrogen-bond acceptors (Lipinski definition) is 6. The lowest BCUT2D eigenvalue weighted by molar-refractivity contribution is -0.384. The molecule has 0 spiro atoms. The molecule has 0 saturated carbocycles. The highest BCUT2D eigenvalue weighted by molar-refractivity contribution is 6.30. The van der Waals surface area contributed by atoms with Gasteiger partial charge in [0.15, 0.2) is 5.69 Å². The van der Waals surface area contributed by atoms with Gasteiger partial charge in [-0.3, -0.25) is 10.1 Å². The molecule has 0 unspecified atom stereocenters. The second-order valence-electron chi connectivity index (χ2n) is 3.76. The first-order valence-corrected chi connectivity index (χ1v) is 5.73. The molecule has 0 aliphatic heterocycles. The maximum atomic E-state index is 10.9. The minimum absolute atomic E-state index is 0.00637. The molecule has 0 amide bonds. The standard InChI is InChI=1S/C12H8ClN3O4/c13-7-1-3-9(11(5-7)16(19)20)14-15-10-4-2-8(17)6-12(10)18/h1-6,17-18H. The van der Waals surface area contributed by atoms with Gasteiger partial charge in [0.25, 0.3) is 5.69 Å². The molecule has 0 saturated heterocycles. The molecule has 8 heteroatoms. The van der Waals surface area contributed by atoms with Crippen LogP contribution in [0.5, 0.6) is 11.5 Å². The Morgan fingerprint density at radius 3 is 2.35 bits per heavy atom. The fourth-order valence-electron chi connectivity index (χ4n) is 1.43. The number of phenols is 2. The average Bonchev–Trinajstić information content (AvgIpc) is 2.38. The summed E-state index contributed by atoms with van der Waals surface area (Å²) in [7, 11) is 0. The summed E-state index contributed by atoms with van der Waals surface area (Å²) in [6, 6.07) is 7.68. The quantitative estimate of drug-likeness (QED) is 0.505. The molecule has 102 valence electrons. The molecule has 0 heterocycles. The van der Waals surface area contributed by atoms with Crippen LogP contribution in [-0.4, -0.2) is 15.1 Å². The third-order valence-corrected chi connectivity index (χ3v) is 2.59. The summed E-state index contributed by atoms with van der Waals surface area (Å²) in [5.41, 5.74) is -0.210. The largest absolute Gasteiger partial charge is 0.508 e. The van der Waals surface area contributed by atoms with Gasteiger partial charge >= 0.3 is 0 Å². The van der Waals surface area contributed by atoms with Gasteiger partial charge in [0, 0.05) is 17.2 Å². The first-order valence-electron chi connectivity index (χ1n) is 5.35. The van der Waals surface area contributed by atoms with E-state index in [-0.39, 0.29) is 33.6 Å². The highest BCUT2D eigenvalue weighted by atomic mass is 35.5. The Bertz CT molecular complexity index is 703. The summed E-state index contributed by atoms with van der Waals surface area (Å²) in [6.07, 6.45) is 0. The fourth-order valence-corrected chi connectivity index (χ4v) is 1.60. The molecule has 7 nitrogen and oxygen atoms in total. The van der Waals surface area contributed by atoms with Gasteiger partial charge < -0.3 is 10.2 Å². The van der Waals surface area contributed by atoms with E-state index in [0.717, 1.165) is 12.1 Å². The Morgan fingerprint density at radius 1 is 1.05 bits per heavy atom. The van der Waals surface area contributed by atoms with Crippen LogP contribution in [0.25, 0.3) is 0 Å². The van der Waals surface area contributed by atoms with Crippen molar-refractivity contribution in [2.45, 2.75) is 0 Å². The third kappa shape index (κ3) is 3.01. The van der Waals surface area contributed by atoms with Gasteiger partial charge in [0.2, 0.25) is 0 Å². The molecule has 0 aliphatic rings. The van der Waals surface area contributed by atoms with Gasteiger partial charge in [-0.1, -0.05) is 11.6 Å². The van der Waals surface area contributed by atoms with E-state index in [1.807, 2.05) is 0 Å². The number of hydrogen-bond donors (Lipinski definition) is 2. The number of nitrogens with zero attached hydrogens (tertiary/aromatic N) is 3. The SMILES string of the molecule is O=[N+]([O-])c1cc(Cl)ccc1N=Nc1ccc(O)cc1O.